The molecule has 10 heteroatoms. The van der Waals surface area contributed by atoms with E-state index in [1.807, 2.05) is 0 Å². The van der Waals surface area contributed by atoms with Crippen molar-refractivity contribution in [3.63, 3.8) is 0 Å². The van der Waals surface area contributed by atoms with Crippen molar-refractivity contribution in [1.29, 1.82) is 0 Å². The third kappa shape index (κ3) is 5.98. The summed E-state index contributed by atoms with van der Waals surface area (Å²) in [5.41, 5.74) is 1.37. The molecule has 188 valence electrons. The van der Waals surface area contributed by atoms with E-state index in [1.165, 1.54) is 37.3 Å². The molecule has 2 aromatic carbocycles. The van der Waals surface area contributed by atoms with E-state index in [2.05, 4.69) is 17.9 Å². The molecular weight excluding hydrogens is 499 g/mol. The van der Waals surface area contributed by atoms with Crippen molar-refractivity contribution in [2.24, 2.45) is 0 Å². The van der Waals surface area contributed by atoms with Gasteiger partial charge in [-0.1, -0.05) is 36.9 Å². The lowest BCUT2D eigenvalue weighted by Crippen LogP contribution is -2.22. The van der Waals surface area contributed by atoms with E-state index in [0.717, 1.165) is 6.07 Å². The fourth-order valence-corrected chi connectivity index (χ4v) is 3.65. The summed E-state index contributed by atoms with van der Waals surface area (Å²) in [6.07, 6.45) is -3.26. The summed E-state index contributed by atoms with van der Waals surface area (Å²) >= 11 is 5.73. The fourth-order valence-electron chi connectivity index (χ4n) is 3.59. The molecule has 6 nitrogen and oxygen atoms in total. The molecule has 36 heavy (non-hydrogen) atoms. The van der Waals surface area contributed by atoms with E-state index in [-0.39, 0.29) is 27.4 Å². The van der Waals surface area contributed by atoms with Crippen LogP contribution >= 0.6 is 11.6 Å². The molecule has 0 bridgehead atoms. The summed E-state index contributed by atoms with van der Waals surface area (Å²) in [5.74, 6) is -1.90. The number of aromatic nitrogens is 1. The van der Waals surface area contributed by atoms with Gasteiger partial charge in [-0.15, -0.1) is 13.2 Å². The number of ketones is 1. The Bertz CT molecular complexity index is 1400. The van der Waals surface area contributed by atoms with E-state index in [9.17, 15) is 22.8 Å². The maximum atomic E-state index is 13.3. The summed E-state index contributed by atoms with van der Waals surface area (Å²) in [6, 6.07) is 9.93. The Morgan fingerprint density at radius 1 is 1.11 bits per heavy atom. The standard InChI is InChI=1S/C26H21ClF3NO5/c1-14(8-9-15(2)27)24(32)23-16(3)31(18-6-5-7-19(12-18)35-17(4)25(33)34)22-13-20(10-11-21(22)23)36-26(28,29)30/h5-13,17H,1-2H2,3-4H3,(H,33,34)/b9-8-/t17-/m1/s1. The van der Waals surface area contributed by atoms with E-state index in [4.69, 9.17) is 21.4 Å². The van der Waals surface area contributed by atoms with Crippen LogP contribution in [0.1, 0.15) is 23.0 Å². The average molecular weight is 520 g/mol. The second kappa shape index (κ2) is 10.3. The smallest absolute Gasteiger partial charge is 0.479 e. The van der Waals surface area contributed by atoms with Crippen molar-refractivity contribution in [1.82, 2.24) is 4.57 Å². The second-order valence-corrected chi connectivity index (χ2v) is 8.24. The molecule has 0 spiro atoms. The monoisotopic (exact) mass is 519 g/mol. The Hall–Kier alpha value is -3.98. The normalized spacial score (nSPS) is 12.5. The number of hydrogen-bond donors (Lipinski definition) is 1. The Kier molecular flexibility index (Phi) is 7.64. The maximum absolute atomic E-state index is 13.3. The first-order valence-electron chi connectivity index (χ1n) is 10.4. The van der Waals surface area contributed by atoms with Crippen LogP contribution in [0.25, 0.3) is 16.6 Å². The third-order valence-corrected chi connectivity index (χ3v) is 5.26. The molecule has 3 aromatic rings. The van der Waals surface area contributed by atoms with Crippen LogP contribution in [0.15, 0.2) is 78.4 Å². The van der Waals surface area contributed by atoms with Gasteiger partial charge < -0.3 is 19.1 Å². The largest absolute Gasteiger partial charge is 0.573 e. The van der Waals surface area contributed by atoms with Gasteiger partial charge in [0.1, 0.15) is 11.5 Å². The molecule has 1 aromatic heterocycles. The van der Waals surface area contributed by atoms with Crippen LogP contribution in [0.3, 0.4) is 0 Å². The SMILES string of the molecule is C=C(Cl)/C=C\C(=C)C(=O)c1c(C)n(-c2cccc(O[C@H](C)C(=O)O)c2)c2cc(OC(F)(F)F)ccc12. The van der Waals surface area contributed by atoms with Crippen molar-refractivity contribution in [3.8, 4) is 17.2 Å². The number of carbonyl (C=O) groups excluding carboxylic acids is 1. The molecule has 1 N–H and O–H groups in total. The number of Topliss-reactive ketones (excluding diaryl/α,β-unsaturated/α-hetero) is 1. The van der Waals surface area contributed by atoms with Gasteiger partial charge >= 0.3 is 12.3 Å². The number of benzene rings is 2. The molecule has 0 radical (unpaired) electrons. The molecule has 0 amide bonds. The first kappa shape index (κ1) is 26.6. The summed E-state index contributed by atoms with van der Waals surface area (Å²) in [6.45, 7) is 10.3. The maximum Gasteiger partial charge on any atom is 0.573 e. The average Bonchev–Trinajstić information content (AvgIpc) is 3.06. The molecule has 0 saturated carbocycles. The molecule has 0 aliphatic heterocycles. The molecule has 3 rings (SSSR count). The van der Waals surface area contributed by atoms with Crippen LogP contribution in [-0.2, 0) is 4.79 Å². The molecule has 0 unspecified atom stereocenters. The number of aliphatic carboxylic acids is 1. The van der Waals surface area contributed by atoms with Gasteiger partial charge in [-0.3, -0.25) is 4.79 Å². The van der Waals surface area contributed by atoms with E-state index in [0.29, 0.717) is 16.8 Å². The molecule has 0 saturated heterocycles. The van der Waals surface area contributed by atoms with Crippen LogP contribution in [0, 0.1) is 6.92 Å². The first-order chi connectivity index (χ1) is 16.8. The highest BCUT2D eigenvalue weighted by Gasteiger charge is 2.32. The lowest BCUT2D eigenvalue weighted by atomic mass is 10.0. The minimum absolute atomic E-state index is 0.0851. The number of alkyl halides is 3. The van der Waals surface area contributed by atoms with E-state index >= 15 is 0 Å². The van der Waals surface area contributed by atoms with E-state index in [1.54, 1.807) is 29.7 Å². The molecule has 0 fully saturated rings. The highest BCUT2D eigenvalue weighted by Crippen LogP contribution is 2.35. The zero-order valence-corrected chi connectivity index (χ0v) is 20.0. The highest BCUT2D eigenvalue weighted by atomic mass is 35.5. The zero-order valence-electron chi connectivity index (χ0n) is 19.2. The highest BCUT2D eigenvalue weighted by molar-refractivity contribution is 6.31. The van der Waals surface area contributed by atoms with Gasteiger partial charge in [0.2, 0.25) is 0 Å². The van der Waals surface area contributed by atoms with Crippen molar-refractivity contribution in [2.45, 2.75) is 26.3 Å². The Morgan fingerprint density at radius 3 is 2.42 bits per heavy atom. The first-order valence-corrected chi connectivity index (χ1v) is 10.8. The number of rotatable bonds is 9. The predicted octanol–water partition coefficient (Wildman–Crippen LogP) is 6.74. The van der Waals surface area contributed by atoms with Gasteiger partial charge in [0, 0.05) is 39.5 Å². The number of halogens is 4. The summed E-state index contributed by atoms with van der Waals surface area (Å²) < 4.78 is 49.7. The molecule has 0 aliphatic carbocycles. The number of carboxylic acids is 1. The Labute approximate surface area is 209 Å². The lowest BCUT2D eigenvalue weighted by molar-refractivity contribution is -0.274. The minimum Gasteiger partial charge on any atom is -0.479 e. The predicted molar refractivity (Wildman–Crippen MR) is 130 cm³/mol. The number of carboxylic acid groups (broad SMARTS) is 1. The molecular formula is C26H21ClF3NO5. The van der Waals surface area contributed by atoms with Crippen molar-refractivity contribution >= 4 is 34.3 Å². The number of nitrogens with zero attached hydrogens (tertiary/aromatic N) is 1. The third-order valence-electron chi connectivity index (χ3n) is 5.13. The van der Waals surface area contributed by atoms with Crippen LogP contribution < -0.4 is 9.47 Å². The van der Waals surface area contributed by atoms with Crippen LogP contribution in [0.4, 0.5) is 13.2 Å². The number of carbonyl (C=O) groups is 2. The summed E-state index contributed by atoms with van der Waals surface area (Å²) in [7, 11) is 0. The fraction of sp³-hybridized carbons (Fsp3) is 0.154. The van der Waals surface area contributed by atoms with Crippen molar-refractivity contribution in [3.05, 3.63) is 89.6 Å². The van der Waals surface area contributed by atoms with Crippen LogP contribution in [0.5, 0.6) is 11.5 Å². The van der Waals surface area contributed by atoms with Gasteiger partial charge in [-0.25, -0.2) is 4.79 Å². The van der Waals surface area contributed by atoms with Crippen molar-refractivity contribution in [2.75, 3.05) is 0 Å². The summed E-state index contributed by atoms with van der Waals surface area (Å²) in [4.78, 5) is 24.5. The van der Waals surface area contributed by atoms with E-state index < -0.39 is 30.0 Å². The Morgan fingerprint density at radius 2 is 1.81 bits per heavy atom. The molecule has 1 atom stereocenters. The van der Waals surface area contributed by atoms with Crippen molar-refractivity contribution < 1.29 is 37.3 Å². The van der Waals surface area contributed by atoms with Gasteiger partial charge in [-0.05, 0) is 44.2 Å². The van der Waals surface area contributed by atoms with Gasteiger partial charge in [0.05, 0.1) is 11.1 Å². The van der Waals surface area contributed by atoms with Gasteiger partial charge in [0.25, 0.3) is 0 Å². The number of ether oxygens (including phenoxy) is 2. The number of fused-ring (bicyclic) bond motifs is 1. The van der Waals surface area contributed by atoms with Gasteiger partial charge in [0.15, 0.2) is 11.9 Å². The van der Waals surface area contributed by atoms with Crippen LogP contribution in [0.2, 0.25) is 0 Å². The lowest BCUT2D eigenvalue weighted by Gasteiger charge is -2.14. The quantitative estimate of drug-likeness (QED) is 0.192. The number of hydrogen-bond acceptors (Lipinski definition) is 4. The van der Waals surface area contributed by atoms with Gasteiger partial charge in [-0.2, -0.15) is 0 Å². The molecule has 1 heterocycles. The number of allylic oxidation sites excluding steroid dienone is 4. The Balaban J connectivity index is 2.23. The molecule has 0 aliphatic rings. The summed E-state index contributed by atoms with van der Waals surface area (Å²) in [5, 5.41) is 9.67. The minimum atomic E-state index is -4.91. The zero-order chi connectivity index (χ0) is 26.8. The second-order valence-electron chi connectivity index (χ2n) is 7.75. The topological polar surface area (TPSA) is 77.8 Å². The van der Waals surface area contributed by atoms with Crippen LogP contribution in [-0.4, -0.2) is 33.9 Å².